The van der Waals surface area contributed by atoms with E-state index < -0.39 is 0 Å². The molecule has 210 valence electrons. The summed E-state index contributed by atoms with van der Waals surface area (Å²) in [6, 6.07) is 54.7. The molecule has 0 saturated carbocycles. The van der Waals surface area contributed by atoms with Gasteiger partial charge in [0.25, 0.3) is 0 Å². The fraction of sp³-hybridized carbons (Fsp3) is 0.0667. The van der Waals surface area contributed by atoms with E-state index >= 15 is 0 Å². The molecule has 0 unspecified atom stereocenters. The lowest BCUT2D eigenvalue weighted by Crippen LogP contribution is -2.15. The first-order chi connectivity index (χ1) is 22.0. The summed E-state index contributed by atoms with van der Waals surface area (Å²) in [5.41, 5.74) is 10.6. The van der Waals surface area contributed by atoms with Crippen molar-refractivity contribution in [2.45, 2.75) is 19.3 Å². The summed E-state index contributed by atoms with van der Waals surface area (Å²) < 4.78 is 0. The Balaban J connectivity index is 1.21. The molecule has 0 heterocycles. The minimum absolute atomic E-state index is 0.150. The normalized spacial score (nSPS) is 13.7. The maximum atomic E-state index is 2.47. The predicted octanol–water partition coefficient (Wildman–Crippen LogP) is 12.5. The zero-order valence-electron chi connectivity index (χ0n) is 25.4. The first-order valence-corrected chi connectivity index (χ1v) is 15.9. The number of hydrogen-bond acceptors (Lipinski definition) is 0. The van der Waals surface area contributed by atoms with E-state index in [1.54, 1.807) is 0 Å². The Morgan fingerprint density at radius 2 is 0.956 bits per heavy atom. The highest BCUT2D eigenvalue weighted by atomic mass is 14.4. The minimum Gasteiger partial charge on any atom is -0.0616 e. The molecule has 0 spiro atoms. The van der Waals surface area contributed by atoms with Crippen LogP contribution in [-0.4, -0.2) is 0 Å². The molecule has 0 heteroatoms. The molecule has 0 N–H and O–H groups in total. The summed E-state index contributed by atoms with van der Waals surface area (Å²) in [7, 11) is 0. The Morgan fingerprint density at radius 1 is 0.378 bits per heavy atom. The van der Waals surface area contributed by atoms with Gasteiger partial charge in [-0.25, -0.2) is 0 Å². The van der Waals surface area contributed by atoms with Gasteiger partial charge in [-0.2, -0.15) is 0 Å². The molecule has 0 saturated heterocycles. The third-order valence-electron chi connectivity index (χ3n) is 10.5. The molecular formula is C45H30. The van der Waals surface area contributed by atoms with Gasteiger partial charge in [0.1, 0.15) is 0 Å². The largest absolute Gasteiger partial charge is 0.0616 e. The van der Waals surface area contributed by atoms with Crippen LogP contribution in [0, 0.1) is 0 Å². The van der Waals surface area contributed by atoms with Crippen LogP contribution < -0.4 is 0 Å². The Hall–Kier alpha value is -5.46. The fourth-order valence-corrected chi connectivity index (χ4v) is 8.37. The first-order valence-electron chi connectivity index (χ1n) is 15.9. The molecule has 0 aliphatic heterocycles. The highest BCUT2D eigenvalue weighted by molar-refractivity contribution is 6.23. The average molecular weight is 571 g/mol. The lowest BCUT2D eigenvalue weighted by Gasteiger charge is -2.24. The molecule has 10 rings (SSSR count). The predicted molar refractivity (Wildman–Crippen MR) is 194 cm³/mol. The minimum atomic E-state index is -0.150. The van der Waals surface area contributed by atoms with Crippen molar-refractivity contribution in [2.75, 3.05) is 0 Å². The second-order valence-corrected chi connectivity index (χ2v) is 13.4. The Morgan fingerprint density at radius 3 is 1.73 bits per heavy atom. The highest BCUT2D eigenvalue weighted by Gasteiger charge is 2.39. The molecule has 1 aliphatic rings. The highest BCUT2D eigenvalue weighted by Crippen LogP contribution is 2.55. The SMILES string of the molecule is CC1(C)c2cc(-c3cc4ccc5cccc6ccc(c3)c4c56)ccc2-c2c(-c3ccc4ccccc4c3)cc3ccccc3c21. The average Bonchev–Trinajstić information content (AvgIpc) is 3.33. The van der Waals surface area contributed by atoms with Crippen molar-refractivity contribution in [3.8, 4) is 33.4 Å². The van der Waals surface area contributed by atoms with Crippen LogP contribution in [0.3, 0.4) is 0 Å². The van der Waals surface area contributed by atoms with Crippen molar-refractivity contribution in [3.63, 3.8) is 0 Å². The molecule has 9 aromatic carbocycles. The van der Waals surface area contributed by atoms with Gasteiger partial charge in [-0.15, -0.1) is 0 Å². The number of benzene rings is 9. The van der Waals surface area contributed by atoms with Gasteiger partial charge in [0.2, 0.25) is 0 Å². The van der Waals surface area contributed by atoms with Crippen LogP contribution in [0.15, 0.2) is 146 Å². The first kappa shape index (κ1) is 24.9. The van der Waals surface area contributed by atoms with E-state index in [9.17, 15) is 0 Å². The molecule has 0 bridgehead atoms. The second kappa shape index (κ2) is 8.80. The van der Waals surface area contributed by atoms with Gasteiger partial charge in [-0.1, -0.05) is 129 Å². The van der Waals surface area contributed by atoms with Gasteiger partial charge in [-0.3, -0.25) is 0 Å². The molecule has 0 aromatic heterocycles. The van der Waals surface area contributed by atoms with Crippen LogP contribution in [0.2, 0.25) is 0 Å². The maximum absolute atomic E-state index is 2.47. The van der Waals surface area contributed by atoms with Crippen LogP contribution in [0.1, 0.15) is 25.0 Å². The molecular weight excluding hydrogens is 540 g/mol. The molecule has 0 amide bonds. The van der Waals surface area contributed by atoms with Crippen molar-refractivity contribution in [2.24, 2.45) is 0 Å². The fourth-order valence-electron chi connectivity index (χ4n) is 8.37. The number of rotatable bonds is 2. The van der Waals surface area contributed by atoms with Gasteiger partial charge < -0.3 is 0 Å². The molecule has 0 atom stereocenters. The number of hydrogen-bond donors (Lipinski definition) is 0. The third-order valence-corrected chi connectivity index (χ3v) is 10.5. The zero-order valence-corrected chi connectivity index (χ0v) is 25.4. The van der Waals surface area contributed by atoms with E-state index in [1.165, 1.54) is 98.4 Å². The molecule has 45 heavy (non-hydrogen) atoms. The van der Waals surface area contributed by atoms with Gasteiger partial charge in [0, 0.05) is 5.41 Å². The summed E-state index contributed by atoms with van der Waals surface area (Å²) in [5.74, 6) is 0. The molecule has 1 aliphatic carbocycles. The molecule has 0 radical (unpaired) electrons. The van der Waals surface area contributed by atoms with E-state index in [0.29, 0.717) is 0 Å². The van der Waals surface area contributed by atoms with E-state index in [1.807, 2.05) is 0 Å². The maximum Gasteiger partial charge on any atom is 0.0165 e. The van der Waals surface area contributed by atoms with Crippen molar-refractivity contribution in [3.05, 3.63) is 157 Å². The Kier molecular flexibility index (Phi) is 4.88. The Labute approximate surface area is 262 Å². The van der Waals surface area contributed by atoms with Crippen LogP contribution in [0.25, 0.3) is 87.2 Å². The van der Waals surface area contributed by atoms with Gasteiger partial charge in [0.15, 0.2) is 0 Å². The summed E-state index contributed by atoms with van der Waals surface area (Å²) in [6.07, 6.45) is 0. The number of fused-ring (bicyclic) bond motifs is 6. The third kappa shape index (κ3) is 3.43. The summed E-state index contributed by atoms with van der Waals surface area (Å²) in [4.78, 5) is 0. The van der Waals surface area contributed by atoms with Crippen LogP contribution >= 0.6 is 0 Å². The van der Waals surface area contributed by atoms with E-state index in [-0.39, 0.29) is 5.41 Å². The second-order valence-electron chi connectivity index (χ2n) is 13.4. The lowest BCUT2D eigenvalue weighted by atomic mass is 9.78. The van der Waals surface area contributed by atoms with Gasteiger partial charge in [-0.05, 0) is 129 Å². The van der Waals surface area contributed by atoms with Crippen LogP contribution in [0.5, 0.6) is 0 Å². The summed E-state index contributed by atoms with van der Waals surface area (Å²) >= 11 is 0. The molecule has 0 nitrogen and oxygen atoms in total. The molecule has 0 fully saturated rings. The van der Waals surface area contributed by atoms with E-state index in [2.05, 4.69) is 159 Å². The van der Waals surface area contributed by atoms with Crippen molar-refractivity contribution in [1.29, 1.82) is 0 Å². The zero-order chi connectivity index (χ0) is 29.9. The standard InChI is InChI=1S/C45H30/c1-45(2)40-26-31(36-23-34-18-15-28-11-7-12-29-16-19-35(24-36)42(34)41(28)29)20-21-38(40)43-39(25-32-10-5-6-13-37(32)44(43)45)33-17-14-27-8-3-4-9-30(27)22-33/h3-26H,1-2H3. The monoisotopic (exact) mass is 570 g/mol. The quantitative estimate of drug-likeness (QED) is 0.181. The van der Waals surface area contributed by atoms with Crippen molar-refractivity contribution >= 4 is 53.9 Å². The van der Waals surface area contributed by atoms with E-state index in [4.69, 9.17) is 0 Å². The lowest BCUT2D eigenvalue weighted by molar-refractivity contribution is 0.666. The topological polar surface area (TPSA) is 0 Å². The summed E-state index contributed by atoms with van der Waals surface area (Å²) in [5, 5.41) is 13.2. The molecule has 9 aromatic rings. The van der Waals surface area contributed by atoms with E-state index in [0.717, 1.165) is 0 Å². The summed E-state index contributed by atoms with van der Waals surface area (Å²) in [6.45, 7) is 4.83. The van der Waals surface area contributed by atoms with Crippen LogP contribution in [-0.2, 0) is 5.41 Å². The van der Waals surface area contributed by atoms with Crippen molar-refractivity contribution in [1.82, 2.24) is 0 Å². The smallest absolute Gasteiger partial charge is 0.0165 e. The van der Waals surface area contributed by atoms with Gasteiger partial charge in [0.05, 0.1) is 0 Å². The Bertz CT molecular complexity index is 2600. The van der Waals surface area contributed by atoms with Gasteiger partial charge >= 0.3 is 0 Å². The van der Waals surface area contributed by atoms with Crippen LogP contribution in [0.4, 0.5) is 0 Å². The van der Waals surface area contributed by atoms with Crippen molar-refractivity contribution < 1.29 is 0 Å².